The van der Waals surface area contributed by atoms with Crippen molar-refractivity contribution in [2.75, 3.05) is 33.1 Å². The van der Waals surface area contributed by atoms with Gasteiger partial charge in [-0.05, 0) is 30.3 Å². The van der Waals surface area contributed by atoms with Crippen LogP contribution in [-0.2, 0) is 4.79 Å². The first-order valence-electron chi connectivity index (χ1n) is 8.36. The molecule has 3 aromatic rings. The molecule has 7 nitrogen and oxygen atoms in total. The van der Waals surface area contributed by atoms with Crippen LogP contribution in [0.15, 0.2) is 48.5 Å². The molecule has 0 radical (unpaired) electrons. The van der Waals surface area contributed by atoms with Crippen LogP contribution in [0.25, 0.3) is 10.9 Å². The number of rotatable bonds is 6. The highest BCUT2D eigenvalue weighted by Crippen LogP contribution is 2.22. The van der Waals surface area contributed by atoms with Gasteiger partial charge in [0.05, 0.1) is 20.8 Å². The zero-order valence-corrected chi connectivity index (χ0v) is 15.4. The Kier molecular flexibility index (Phi) is 5.30. The minimum atomic E-state index is -0.295. The van der Waals surface area contributed by atoms with Gasteiger partial charge in [0, 0.05) is 35.8 Å². The molecule has 0 aliphatic heterocycles. The lowest BCUT2D eigenvalue weighted by molar-refractivity contribution is -0.116. The average Bonchev–Trinajstić information content (AvgIpc) is 3.10. The highest BCUT2D eigenvalue weighted by Gasteiger charge is 2.17. The molecule has 0 fully saturated rings. The van der Waals surface area contributed by atoms with Gasteiger partial charge < -0.3 is 24.7 Å². The molecule has 27 heavy (non-hydrogen) atoms. The van der Waals surface area contributed by atoms with Crippen molar-refractivity contribution < 1.29 is 19.1 Å². The number of carbonyl (C=O) groups is 2. The van der Waals surface area contributed by atoms with Crippen molar-refractivity contribution in [3.05, 3.63) is 54.2 Å². The number of likely N-dealkylation sites (N-methyl/N-ethyl adjacent to an activating group) is 1. The van der Waals surface area contributed by atoms with Crippen molar-refractivity contribution in [1.82, 2.24) is 9.88 Å². The minimum Gasteiger partial charge on any atom is -0.497 e. The number of methoxy groups -OCH3 is 2. The van der Waals surface area contributed by atoms with Crippen molar-refractivity contribution >= 4 is 28.4 Å². The fourth-order valence-electron chi connectivity index (χ4n) is 2.74. The molecular formula is C20H21N3O4. The molecule has 0 saturated heterocycles. The highest BCUT2D eigenvalue weighted by molar-refractivity contribution is 6.01. The first-order chi connectivity index (χ1) is 13.0. The van der Waals surface area contributed by atoms with Gasteiger partial charge in [-0.2, -0.15) is 0 Å². The number of aromatic nitrogens is 1. The molecule has 0 spiro atoms. The normalized spacial score (nSPS) is 10.5. The van der Waals surface area contributed by atoms with E-state index in [-0.39, 0.29) is 18.4 Å². The van der Waals surface area contributed by atoms with Crippen molar-refractivity contribution in [3.8, 4) is 11.5 Å². The topological polar surface area (TPSA) is 83.7 Å². The van der Waals surface area contributed by atoms with Gasteiger partial charge in [0.15, 0.2) is 0 Å². The second kappa shape index (κ2) is 7.82. The Labute approximate surface area is 156 Å². The second-order valence-electron chi connectivity index (χ2n) is 6.08. The van der Waals surface area contributed by atoms with Crippen LogP contribution in [0.5, 0.6) is 11.5 Å². The standard InChI is InChI=1S/C20H21N3O4/c1-23(12-19(24)21-14-5-4-6-15(10-14)26-2)20(25)18-9-13-7-8-16(27-3)11-17(13)22-18/h4-11,22H,12H2,1-3H3,(H,21,24). The van der Waals surface area contributed by atoms with Gasteiger partial charge >= 0.3 is 0 Å². The number of H-pyrrole nitrogens is 1. The number of hydrogen-bond acceptors (Lipinski definition) is 4. The summed E-state index contributed by atoms with van der Waals surface area (Å²) in [7, 11) is 4.73. The van der Waals surface area contributed by atoms with Crippen LogP contribution < -0.4 is 14.8 Å². The van der Waals surface area contributed by atoms with Crippen LogP contribution >= 0.6 is 0 Å². The van der Waals surface area contributed by atoms with E-state index in [2.05, 4.69) is 10.3 Å². The smallest absolute Gasteiger partial charge is 0.270 e. The maximum absolute atomic E-state index is 12.6. The summed E-state index contributed by atoms with van der Waals surface area (Å²) in [6.45, 7) is -0.0747. The van der Waals surface area contributed by atoms with E-state index < -0.39 is 0 Å². The van der Waals surface area contributed by atoms with E-state index in [9.17, 15) is 9.59 Å². The average molecular weight is 367 g/mol. The maximum Gasteiger partial charge on any atom is 0.270 e. The fourth-order valence-corrected chi connectivity index (χ4v) is 2.74. The summed E-state index contributed by atoms with van der Waals surface area (Å²) in [5.74, 6) is 0.781. The number of nitrogens with zero attached hydrogens (tertiary/aromatic N) is 1. The van der Waals surface area contributed by atoms with Crippen LogP contribution in [0.2, 0.25) is 0 Å². The zero-order valence-electron chi connectivity index (χ0n) is 15.4. The summed E-state index contributed by atoms with van der Waals surface area (Å²) in [6.07, 6.45) is 0. The number of benzene rings is 2. The molecule has 1 heterocycles. The number of carbonyl (C=O) groups excluding carboxylic acids is 2. The molecule has 140 valence electrons. The molecule has 0 atom stereocenters. The van der Waals surface area contributed by atoms with Crippen LogP contribution in [0.1, 0.15) is 10.5 Å². The largest absolute Gasteiger partial charge is 0.497 e. The van der Waals surface area contributed by atoms with Gasteiger partial charge in [0.25, 0.3) is 5.91 Å². The molecule has 0 bridgehead atoms. The number of nitrogens with one attached hydrogen (secondary N) is 2. The van der Waals surface area contributed by atoms with Crippen LogP contribution in [0.4, 0.5) is 5.69 Å². The van der Waals surface area contributed by atoms with E-state index in [1.54, 1.807) is 51.6 Å². The first-order valence-corrected chi connectivity index (χ1v) is 8.36. The van der Waals surface area contributed by atoms with Gasteiger partial charge in [0.2, 0.25) is 5.91 Å². The van der Waals surface area contributed by atoms with Crippen molar-refractivity contribution in [2.24, 2.45) is 0 Å². The van der Waals surface area contributed by atoms with E-state index in [0.717, 1.165) is 10.9 Å². The van der Waals surface area contributed by atoms with E-state index in [0.29, 0.717) is 22.9 Å². The lowest BCUT2D eigenvalue weighted by atomic mass is 10.2. The van der Waals surface area contributed by atoms with Crippen LogP contribution in [0.3, 0.4) is 0 Å². The highest BCUT2D eigenvalue weighted by atomic mass is 16.5. The first kappa shape index (κ1) is 18.3. The molecule has 3 rings (SSSR count). The lowest BCUT2D eigenvalue weighted by Gasteiger charge is -2.16. The number of anilines is 1. The molecule has 7 heteroatoms. The molecule has 0 saturated carbocycles. The summed E-state index contributed by atoms with van der Waals surface area (Å²) in [5, 5.41) is 3.65. The molecule has 0 aliphatic carbocycles. The molecule has 2 N–H and O–H groups in total. The van der Waals surface area contributed by atoms with Gasteiger partial charge in [-0.25, -0.2) is 0 Å². The number of ether oxygens (including phenoxy) is 2. The Morgan fingerprint density at radius 1 is 1.04 bits per heavy atom. The van der Waals surface area contributed by atoms with Gasteiger partial charge in [-0.15, -0.1) is 0 Å². The summed E-state index contributed by atoms with van der Waals surface area (Å²) < 4.78 is 10.3. The van der Waals surface area contributed by atoms with Gasteiger partial charge in [-0.1, -0.05) is 6.07 Å². The third-order valence-electron chi connectivity index (χ3n) is 4.14. The van der Waals surface area contributed by atoms with Crippen molar-refractivity contribution in [3.63, 3.8) is 0 Å². The van der Waals surface area contributed by atoms with E-state index >= 15 is 0 Å². The number of fused-ring (bicyclic) bond motifs is 1. The Hall–Kier alpha value is -3.48. The van der Waals surface area contributed by atoms with Gasteiger partial charge in [0.1, 0.15) is 17.2 Å². The Bertz CT molecular complexity index is 980. The summed E-state index contributed by atoms with van der Waals surface area (Å²) >= 11 is 0. The summed E-state index contributed by atoms with van der Waals surface area (Å²) in [5.41, 5.74) is 1.82. The Balaban J connectivity index is 1.67. The van der Waals surface area contributed by atoms with Crippen molar-refractivity contribution in [2.45, 2.75) is 0 Å². The molecule has 1 aromatic heterocycles. The molecular weight excluding hydrogens is 346 g/mol. The Morgan fingerprint density at radius 2 is 1.78 bits per heavy atom. The fraction of sp³-hybridized carbons (Fsp3) is 0.200. The predicted molar refractivity (Wildman–Crippen MR) is 103 cm³/mol. The molecule has 0 aliphatic rings. The maximum atomic E-state index is 12.6. The van der Waals surface area contributed by atoms with E-state index in [1.807, 2.05) is 18.2 Å². The predicted octanol–water partition coefficient (Wildman–Crippen LogP) is 2.90. The Morgan fingerprint density at radius 3 is 2.52 bits per heavy atom. The number of hydrogen-bond donors (Lipinski definition) is 2. The number of aromatic amines is 1. The molecule has 0 unspecified atom stereocenters. The van der Waals surface area contributed by atoms with Crippen LogP contribution in [0, 0.1) is 0 Å². The van der Waals surface area contributed by atoms with Gasteiger partial charge in [-0.3, -0.25) is 9.59 Å². The lowest BCUT2D eigenvalue weighted by Crippen LogP contribution is -2.35. The summed E-state index contributed by atoms with van der Waals surface area (Å²) in [6, 6.07) is 14.3. The third-order valence-corrected chi connectivity index (χ3v) is 4.14. The quantitative estimate of drug-likeness (QED) is 0.702. The zero-order chi connectivity index (χ0) is 19.4. The van der Waals surface area contributed by atoms with Crippen LogP contribution in [-0.4, -0.2) is 49.5 Å². The third kappa shape index (κ3) is 4.20. The minimum absolute atomic E-state index is 0.0747. The van der Waals surface area contributed by atoms with E-state index in [1.165, 1.54) is 4.90 Å². The molecule has 2 amide bonds. The number of amides is 2. The SMILES string of the molecule is COc1cccc(NC(=O)CN(C)C(=O)c2cc3ccc(OC)cc3[nH]2)c1. The second-order valence-corrected chi connectivity index (χ2v) is 6.08. The molecule has 2 aromatic carbocycles. The summed E-state index contributed by atoms with van der Waals surface area (Å²) in [4.78, 5) is 29.3. The monoisotopic (exact) mass is 367 g/mol. The van der Waals surface area contributed by atoms with E-state index in [4.69, 9.17) is 9.47 Å². The van der Waals surface area contributed by atoms with Crippen molar-refractivity contribution in [1.29, 1.82) is 0 Å².